The van der Waals surface area contributed by atoms with Crippen LogP contribution in [0.1, 0.15) is 15.9 Å². The first-order chi connectivity index (χ1) is 12.0. The summed E-state index contributed by atoms with van der Waals surface area (Å²) in [5.41, 5.74) is 6.23. The summed E-state index contributed by atoms with van der Waals surface area (Å²) in [7, 11) is 0. The van der Waals surface area contributed by atoms with Crippen molar-refractivity contribution in [1.82, 2.24) is 16.2 Å². The number of hydrogen-bond donors (Lipinski definition) is 3. The molecule has 0 aliphatic carbocycles. The summed E-state index contributed by atoms with van der Waals surface area (Å²) in [4.78, 5) is 23.8. The van der Waals surface area contributed by atoms with Gasteiger partial charge in [-0.1, -0.05) is 29.8 Å². The van der Waals surface area contributed by atoms with Crippen LogP contribution in [0.2, 0.25) is 5.02 Å². The molecule has 0 aromatic heterocycles. The van der Waals surface area contributed by atoms with Crippen LogP contribution in [-0.4, -0.2) is 23.5 Å². The van der Waals surface area contributed by atoms with Crippen LogP contribution in [-0.2, 0) is 4.79 Å². The number of carbonyl (C=O) groups is 2. The lowest BCUT2D eigenvalue weighted by molar-refractivity contribution is -0.121. The molecule has 0 fully saturated rings. The van der Waals surface area contributed by atoms with Gasteiger partial charge in [0.15, 0.2) is 11.7 Å². The highest BCUT2D eigenvalue weighted by Gasteiger charge is 2.10. The second-order valence-electron chi connectivity index (χ2n) is 5.01. The summed E-state index contributed by atoms with van der Waals surface area (Å²) in [6.07, 6.45) is 0. The molecule has 8 heteroatoms. The van der Waals surface area contributed by atoms with Crippen LogP contribution >= 0.6 is 23.8 Å². The Morgan fingerprint density at radius 3 is 2.44 bits per heavy atom. The molecule has 0 aliphatic rings. The number of halogens is 1. The molecule has 2 rings (SSSR count). The van der Waals surface area contributed by atoms with Crippen LogP contribution in [0.3, 0.4) is 0 Å². The lowest BCUT2D eigenvalue weighted by Gasteiger charge is -2.12. The average Bonchev–Trinajstić information content (AvgIpc) is 2.59. The van der Waals surface area contributed by atoms with E-state index in [1.165, 1.54) is 0 Å². The average molecular weight is 378 g/mol. The molecule has 0 saturated carbocycles. The predicted octanol–water partition coefficient (Wildman–Crippen LogP) is 2.36. The highest BCUT2D eigenvalue weighted by atomic mass is 35.5. The van der Waals surface area contributed by atoms with Crippen LogP contribution in [0, 0.1) is 6.92 Å². The number of amides is 2. The van der Waals surface area contributed by atoms with Gasteiger partial charge in [0.05, 0.1) is 0 Å². The molecule has 25 heavy (non-hydrogen) atoms. The molecule has 0 unspecified atom stereocenters. The van der Waals surface area contributed by atoms with Gasteiger partial charge in [0, 0.05) is 10.6 Å². The minimum atomic E-state index is -0.461. The number of hydrazine groups is 1. The summed E-state index contributed by atoms with van der Waals surface area (Å²) in [6.45, 7) is 1.60. The molecule has 0 atom stereocenters. The SMILES string of the molecule is Cc1ccccc1C(=O)NNC(=S)NC(=O)COc1ccc(Cl)cc1. The monoisotopic (exact) mass is 377 g/mol. The number of thiocarbonyl (C=S) groups is 1. The first-order valence-corrected chi connectivity index (χ1v) is 8.08. The summed E-state index contributed by atoms with van der Waals surface area (Å²) < 4.78 is 5.29. The van der Waals surface area contributed by atoms with Crippen LogP contribution in [0.5, 0.6) is 5.75 Å². The molecule has 0 aliphatic heterocycles. The Balaban J connectivity index is 1.74. The van der Waals surface area contributed by atoms with Gasteiger partial charge < -0.3 is 4.74 Å². The summed E-state index contributed by atoms with van der Waals surface area (Å²) in [5.74, 6) is -0.309. The van der Waals surface area contributed by atoms with Gasteiger partial charge in [0.2, 0.25) is 0 Å². The third-order valence-electron chi connectivity index (χ3n) is 3.12. The zero-order valence-corrected chi connectivity index (χ0v) is 14.9. The molecule has 6 nitrogen and oxygen atoms in total. The number of ether oxygens (including phenoxy) is 1. The van der Waals surface area contributed by atoms with Crippen LogP contribution in [0.4, 0.5) is 0 Å². The van der Waals surface area contributed by atoms with Crippen molar-refractivity contribution in [2.24, 2.45) is 0 Å². The molecule has 130 valence electrons. The van der Waals surface area contributed by atoms with E-state index in [0.717, 1.165) is 5.56 Å². The van der Waals surface area contributed by atoms with E-state index in [1.54, 1.807) is 36.4 Å². The lowest BCUT2D eigenvalue weighted by Crippen LogP contribution is -2.49. The highest BCUT2D eigenvalue weighted by Crippen LogP contribution is 2.15. The number of aryl methyl sites for hydroxylation is 1. The Labute approximate surface area is 155 Å². The molecule has 2 aromatic carbocycles. The Morgan fingerprint density at radius 2 is 1.76 bits per heavy atom. The maximum Gasteiger partial charge on any atom is 0.269 e. The van der Waals surface area contributed by atoms with E-state index >= 15 is 0 Å². The fourth-order valence-corrected chi connectivity index (χ4v) is 2.17. The van der Waals surface area contributed by atoms with E-state index in [1.807, 2.05) is 19.1 Å². The zero-order chi connectivity index (χ0) is 18.2. The fraction of sp³-hybridized carbons (Fsp3) is 0.118. The van der Waals surface area contributed by atoms with E-state index in [2.05, 4.69) is 16.2 Å². The predicted molar refractivity (Wildman–Crippen MR) is 99.5 cm³/mol. The molecule has 0 heterocycles. The molecular weight excluding hydrogens is 362 g/mol. The molecule has 0 bridgehead atoms. The molecular formula is C17H16ClN3O3S. The molecule has 2 amide bonds. The molecule has 0 spiro atoms. The molecule has 2 aromatic rings. The second-order valence-corrected chi connectivity index (χ2v) is 5.86. The van der Waals surface area contributed by atoms with Gasteiger partial charge in [-0.3, -0.25) is 25.8 Å². The fourth-order valence-electron chi connectivity index (χ4n) is 1.88. The van der Waals surface area contributed by atoms with Gasteiger partial charge in [-0.25, -0.2) is 0 Å². The Kier molecular flexibility index (Phi) is 6.73. The maximum atomic E-state index is 12.0. The normalized spacial score (nSPS) is 9.84. The van der Waals surface area contributed by atoms with Crippen molar-refractivity contribution in [3.63, 3.8) is 0 Å². The van der Waals surface area contributed by atoms with E-state index in [0.29, 0.717) is 16.3 Å². The Morgan fingerprint density at radius 1 is 1.08 bits per heavy atom. The van der Waals surface area contributed by atoms with Crippen molar-refractivity contribution in [3.8, 4) is 5.75 Å². The molecule has 3 N–H and O–H groups in total. The van der Waals surface area contributed by atoms with E-state index in [9.17, 15) is 9.59 Å². The van der Waals surface area contributed by atoms with Gasteiger partial charge in [-0.15, -0.1) is 0 Å². The lowest BCUT2D eigenvalue weighted by atomic mass is 10.1. The molecule has 0 saturated heterocycles. The standard InChI is InChI=1S/C17H16ClN3O3S/c1-11-4-2-3-5-14(11)16(23)20-21-17(25)19-15(22)10-24-13-8-6-12(18)7-9-13/h2-9H,10H2,1H3,(H,20,23)(H2,19,21,22,25). The summed E-state index contributed by atoms with van der Waals surface area (Å²) in [6, 6.07) is 13.7. The number of rotatable bonds is 4. The van der Waals surface area contributed by atoms with Crippen molar-refractivity contribution in [3.05, 3.63) is 64.7 Å². The van der Waals surface area contributed by atoms with Crippen LogP contribution in [0.25, 0.3) is 0 Å². The van der Waals surface area contributed by atoms with Crippen LogP contribution in [0.15, 0.2) is 48.5 Å². The van der Waals surface area contributed by atoms with E-state index < -0.39 is 5.91 Å². The first-order valence-electron chi connectivity index (χ1n) is 7.30. The number of hydrogen-bond acceptors (Lipinski definition) is 4. The van der Waals surface area contributed by atoms with Crippen LogP contribution < -0.4 is 20.9 Å². The third kappa shape index (κ3) is 6.06. The highest BCUT2D eigenvalue weighted by molar-refractivity contribution is 7.80. The quantitative estimate of drug-likeness (QED) is 0.563. The molecule has 0 radical (unpaired) electrons. The minimum absolute atomic E-state index is 0.0355. The minimum Gasteiger partial charge on any atom is -0.484 e. The van der Waals surface area contributed by atoms with Crippen molar-refractivity contribution < 1.29 is 14.3 Å². The van der Waals surface area contributed by atoms with Gasteiger partial charge in [-0.2, -0.15) is 0 Å². The number of carbonyl (C=O) groups excluding carboxylic acids is 2. The van der Waals surface area contributed by atoms with Gasteiger partial charge in [0.25, 0.3) is 11.8 Å². The smallest absolute Gasteiger partial charge is 0.269 e. The van der Waals surface area contributed by atoms with Gasteiger partial charge >= 0.3 is 0 Å². The Hall–Kier alpha value is -2.64. The van der Waals surface area contributed by atoms with Crippen molar-refractivity contribution >= 4 is 40.7 Å². The first kappa shape index (κ1) is 18.7. The summed E-state index contributed by atoms with van der Waals surface area (Å²) in [5, 5.41) is 2.94. The van der Waals surface area contributed by atoms with Crippen molar-refractivity contribution in [2.75, 3.05) is 6.61 Å². The third-order valence-corrected chi connectivity index (χ3v) is 3.57. The van der Waals surface area contributed by atoms with Gasteiger partial charge in [0.1, 0.15) is 5.75 Å². The van der Waals surface area contributed by atoms with E-state index in [-0.39, 0.29) is 17.6 Å². The zero-order valence-electron chi connectivity index (χ0n) is 13.3. The second kappa shape index (κ2) is 9.00. The Bertz CT molecular complexity index is 781. The largest absolute Gasteiger partial charge is 0.484 e. The topological polar surface area (TPSA) is 79.5 Å². The van der Waals surface area contributed by atoms with E-state index in [4.69, 9.17) is 28.6 Å². The summed E-state index contributed by atoms with van der Waals surface area (Å²) >= 11 is 10.7. The number of benzene rings is 2. The van der Waals surface area contributed by atoms with Crippen molar-refractivity contribution in [2.45, 2.75) is 6.92 Å². The van der Waals surface area contributed by atoms with Gasteiger partial charge in [-0.05, 0) is 55.0 Å². The van der Waals surface area contributed by atoms with Crippen molar-refractivity contribution in [1.29, 1.82) is 0 Å². The maximum absolute atomic E-state index is 12.0. The number of nitrogens with one attached hydrogen (secondary N) is 3.